The summed E-state index contributed by atoms with van der Waals surface area (Å²) in [5.74, 6) is -0.221. The summed E-state index contributed by atoms with van der Waals surface area (Å²) in [5, 5.41) is 2.90. The second kappa shape index (κ2) is 12.2. The highest BCUT2D eigenvalue weighted by atomic mass is 79.9. The van der Waals surface area contributed by atoms with Crippen LogP contribution in [0.1, 0.15) is 32.8 Å². The summed E-state index contributed by atoms with van der Waals surface area (Å²) in [5.41, 5.74) is 1.15. The number of carbonyl (C=O) groups excluding carboxylic acids is 2. The predicted octanol–water partition coefficient (Wildman–Crippen LogP) is 3.56. The molecule has 2 aromatic carbocycles. The van der Waals surface area contributed by atoms with Gasteiger partial charge in [0.15, 0.2) is 0 Å². The first-order valence-corrected chi connectivity index (χ1v) is 13.6. The van der Waals surface area contributed by atoms with E-state index in [1.165, 1.54) is 12.0 Å². The third-order valence-corrected chi connectivity index (χ3v) is 7.14. The van der Waals surface area contributed by atoms with Crippen molar-refractivity contribution in [1.82, 2.24) is 10.2 Å². The van der Waals surface area contributed by atoms with Gasteiger partial charge in [0, 0.05) is 17.1 Å². The van der Waals surface area contributed by atoms with Crippen LogP contribution in [0.5, 0.6) is 5.75 Å². The first kappa shape index (κ1) is 27.7. The number of methoxy groups -OCH3 is 1. The maximum atomic E-state index is 13.5. The minimum atomic E-state index is -3.78. The van der Waals surface area contributed by atoms with Gasteiger partial charge in [0.05, 0.1) is 19.1 Å². The zero-order valence-electron chi connectivity index (χ0n) is 20.1. The topological polar surface area (TPSA) is 96.0 Å². The number of nitrogens with one attached hydrogen (secondary N) is 1. The van der Waals surface area contributed by atoms with Crippen LogP contribution >= 0.6 is 15.9 Å². The minimum absolute atomic E-state index is 0.0496. The van der Waals surface area contributed by atoms with Crippen molar-refractivity contribution >= 4 is 43.5 Å². The highest BCUT2D eigenvalue weighted by molar-refractivity contribution is 9.10. The van der Waals surface area contributed by atoms with E-state index in [0.29, 0.717) is 11.4 Å². The van der Waals surface area contributed by atoms with Crippen molar-refractivity contribution in [3.8, 4) is 5.75 Å². The lowest BCUT2D eigenvalue weighted by molar-refractivity contribution is -0.139. The van der Waals surface area contributed by atoms with Crippen LogP contribution in [0, 0.1) is 0 Å². The average molecular weight is 555 g/mol. The Kier molecular flexibility index (Phi) is 9.93. The number of hydrogen-bond acceptors (Lipinski definition) is 5. The number of sulfonamides is 1. The smallest absolute Gasteiger partial charge is 0.244 e. The van der Waals surface area contributed by atoms with E-state index >= 15 is 0 Å². The van der Waals surface area contributed by atoms with Gasteiger partial charge < -0.3 is 15.0 Å². The van der Waals surface area contributed by atoms with Gasteiger partial charge in [0.1, 0.15) is 18.3 Å². The van der Waals surface area contributed by atoms with Gasteiger partial charge in [-0.3, -0.25) is 13.9 Å². The fraction of sp³-hybridized carbons (Fsp3) is 0.417. The van der Waals surface area contributed by atoms with Crippen molar-refractivity contribution in [2.75, 3.05) is 24.2 Å². The molecule has 2 rings (SSSR count). The molecule has 0 saturated carbocycles. The molecule has 0 radical (unpaired) electrons. The zero-order valence-corrected chi connectivity index (χ0v) is 22.5. The summed E-state index contributed by atoms with van der Waals surface area (Å²) < 4.78 is 32.2. The van der Waals surface area contributed by atoms with E-state index < -0.39 is 28.5 Å². The van der Waals surface area contributed by atoms with Gasteiger partial charge in [0.2, 0.25) is 21.8 Å². The predicted molar refractivity (Wildman–Crippen MR) is 137 cm³/mol. The molecule has 1 N–H and O–H groups in total. The Labute approximate surface area is 210 Å². The van der Waals surface area contributed by atoms with Crippen LogP contribution < -0.4 is 14.4 Å². The molecule has 0 bridgehead atoms. The lowest BCUT2D eigenvalue weighted by atomic mass is 10.1. The van der Waals surface area contributed by atoms with Crippen molar-refractivity contribution in [3.05, 3.63) is 58.6 Å². The molecule has 0 fully saturated rings. The summed E-state index contributed by atoms with van der Waals surface area (Å²) in [6, 6.07) is 12.9. The highest BCUT2D eigenvalue weighted by Crippen LogP contribution is 2.22. The standard InChI is InChI=1S/C24H32BrN3O5S/c1-6-17(2)26-24(30)18(3)27(15-19-7-9-20(25)10-8-19)23(29)16-28(34(5,31)32)21-11-13-22(33-4)14-12-21/h7-14,17-18H,6,15-16H2,1-5H3,(H,26,30). The third-order valence-electron chi connectivity index (χ3n) is 5.47. The van der Waals surface area contributed by atoms with Crippen LogP contribution in [0.15, 0.2) is 53.0 Å². The Morgan fingerprint density at radius 1 is 1.06 bits per heavy atom. The first-order valence-electron chi connectivity index (χ1n) is 10.9. The molecule has 0 spiro atoms. The first-order chi connectivity index (χ1) is 16.0. The van der Waals surface area contributed by atoms with Crippen LogP contribution in [0.25, 0.3) is 0 Å². The minimum Gasteiger partial charge on any atom is -0.497 e. The summed E-state index contributed by atoms with van der Waals surface area (Å²) in [6.45, 7) is 5.20. The van der Waals surface area contributed by atoms with E-state index in [4.69, 9.17) is 4.74 Å². The number of rotatable bonds is 11. The van der Waals surface area contributed by atoms with Crippen molar-refractivity contribution in [2.45, 2.75) is 45.8 Å². The lowest BCUT2D eigenvalue weighted by Gasteiger charge is -2.32. The molecule has 0 aliphatic carbocycles. The number of anilines is 1. The molecule has 10 heteroatoms. The van der Waals surface area contributed by atoms with Crippen molar-refractivity contribution in [2.24, 2.45) is 0 Å². The number of halogens is 1. The number of carbonyl (C=O) groups is 2. The number of ether oxygens (including phenoxy) is 1. The summed E-state index contributed by atoms with van der Waals surface area (Å²) >= 11 is 3.39. The Morgan fingerprint density at radius 3 is 2.15 bits per heavy atom. The van der Waals surface area contributed by atoms with Gasteiger partial charge in [-0.25, -0.2) is 8.42 Å². The zero-order chi connectivity index (χ0) is 25.5. The molecular formula is C24H32BrN3O5S. The molecule has 8 nitrogen and oxygen atoms in total. The summed E-state index contributed by atoms with van der Waals surface area (Å²) in [4.78, 5) is 27.7. The normalized spacial score (nSPS) is 13.0. The number of nitrogens with zero attached hydrogens (tertiary/aromatic N) is 2. The van der Waals surface area contributed by atoms with Crippen LogP contribution in [0.4, 0.5) is 5.69 Å². The molecule has 0 aliphatic rings. The molecule has 0 aliphatic heterocycles. The average Bonchev–Trinajstić information content (AvgIpc) is 2.80. The SMILES string of the molecule is CCC(C)NC(=O)C(C)N(Cc1ccc(Br)cc1)C(=O)CN(c1ccc(OC)cc1)S(C)(=O)=O. The van der Waals surface area contributed by atoms with Crippen molar-refractivity contribution in [1.29, 1.82) is 0 Å². The second-order valence-corrected chi connectivity index (χ2v) is 10.9. The number of benzene rings is 2. The Bertz CT molecular complexity index is 1070. The summed E-state index contributed by atoms with van der Waals surface area (Å²) in [7, 11) is -2.26. The fourth-order valence-corrected chi connectivity index (χ4v) is 4.31. The van der Waals surface area contributed by atoms with Crippen LogP contribution in [0.2, 0.25) is 0 Å². The van der Waals surface area contributed by atoms with E-state index in [9.17, 15) is 18.0 Å². The maximum Gasteiger partial charge on any atom is 0.244 e. The molecular weight excluding hydrogens is 522 g/mol. The van der Waals surface area contributed by atoms with Gasteiger partial charge in [-0.1, -0.05) is 35.0 Å². The molecule has 186 valence electrons. The number of hydrogen-bond donors (Lipinski definition) is 1. The largest absolute Gasteiger partial charge is 0.497 e. The van der Waals surface area contributed by atoms with Crippen molar-refractivity contribution < 1.29 is 22.7 Å². The highest BCUT2D eigenvalue weighted by Gasteiger charge is 2.30. The van der Waals surface area contributed by atoms with E-state index in [1.54, 1.807) is 31.2 Å². The Morgan fingerprint density at radius 2 is 1.65 bits per heavy atom. The van der Waals surface area contributed by atoms with Gasteiger partial charge in [-0.2, -0.15) is 0 Å². The van der Waals surface area contributed by atoms with Crippen LogP contribution in [-0.2, 0) is 26.2 Å². The van der Waals surface area contributed by atoms with Gasteiger partial charge in [-0.15, -0.1) is 0 Å². The van der Waals surface area contributed by atoms with Gasteiger partial charge in [-0.05, 0) is 62.2 Å². The lowest BCUT2D eigenvalue weighted by Crippen LogP contribution is -2.52. The van der Waals surface area contributed by atoms with E-state index in [1.807, 2.05) is 38.1 Å². The fourth-order valence-electron chi connectivity index (χ4n) is 3.20. The molecule has 2 amide bonds. The summed E-state index contributed by atoms with van der Waals surface area (Å²) in [6.07, 6.45) is 1.79. The second-order valence-electron chi connectivity index (χ2n) is 8.11. The maximum absolute atomic E-state index is 13.5. The van der Waals surface area contributed by atoms with Crippen LogP contribution in [-0.4, -0.2) is 57.1 Å². The third kappa shape index (κ3) is 7.73. The van der Waals surface area contributed by atoms with E-state index in [0.717, 1.165) is 27.0 Å². The molecule has 2 unspecified atom stereocenters. The van der Waals surface area contributed by atoms with E-state index in [2.05, 4.69) is 21.2 Å². The molecule has 0 saturated heterocycles. The molecule has 34 heavy (non-hydrogen) atoms. The molecule has 0 aromatic heterocycles. The quantitative estimate of drug-likeness (QED) is 0.459. The monoisotopic (exact) mass is 553 g/mol. The van der Waals surface area contributed by atoms with Crippen LogP contribution in [0.3, 0.4) is 0 Å². The molecule has 2 atom stereocenters. The van der Waals surface area contributed by atoms with Gasteiger partial charge >= 0.3 is 0 Å². The number of amides is 2. The molecule has 0 heterocycles. The van der Waals surface area contributed by atoms with Crippen molar-refractivity contribution in [3.63, 3.8) is 0 Å². The Hall–Kier alpha value is -2.59. The molecule has 2 aromatic rings. The van der Waals surface area contributed by atoms with Gasteiger partial charge in [0.25, 0.3) is 0 Å². The Balaban J connectivity index is 2.36. The van der Waals surface area contributed by atoms with E-state index in [-0.39, 0.29) is 18.5 Å².